The highest BCUT2D eigenvalue weighted by atomic mass is 32.1. The van der Waals surface area contributed by atoms with E-state index in [4.69, 9.17) is 5.73 Å². The van der Waals surface area contributed by atoms with Gasteiger partial charge in [0.1, 0.15) is 0 Å². The molecule has 3 N–H and O–H groups in total. The number of thiazole rings is 1. The lowest BCUT2D eigenvalue weighted by atomic mass is 10.2. The standard InChI is InChI=1S/C9H17N3S/c1-3-7(4-2)11-5-8-6-12-9(10)13-8/h6-7,11H,3-5H2,1-2H3,(H2,10,12). The van der Waals surface area contributed by atoms with E-state index >= 15 is 0 Å². The van der Waals surface area contributed by atoms with Gasteiger partial charge in [0.15, 0.2) is 5.13 Å². The summed E-state index contributed by atoms with van der Waals surface area (Å²) in [7, 11) is 0. The van der Waals surface area contributed by atoms with E-state index in [0.29, 0.717) is 11.2 Å². The number of nitrogens with zero attached hydrogens (tertiary/aromatic N) is 1. The highest BCUT2D eigenvalue weighted by molar-refractivity contribution is 7.15. The molecule has 0 saturated carbocycles. The molecule has 0 aromatic carbocycles. The fraction of sp³-hybridized carbons (Fsp3) is 0.667. The normalized spacial score (nSPS) is 11.0. The Kier molecular flexibility index (Phi) is 4.18. The van der Waals surface area contributed by atoms with Crippen LogP contribution in [0, 0.1) is 0 Å². The van der Waals surface area contributed by atoms with Crippen molar-refractivity contribution >= 4 is 16.5 Å². The van der Waals surface area contributed by atoms with Crippen LogP contribution in [0.3, 0.4) is 0 Å². The first-order chi connectivity index (χ1) is 6.26. The van der Waals surface area contributed by atoms with E-state index in [1.807, 2.05) is 6.20 Å². The number of aromatic nitrogens is 1. The minimum absolute atomic E-state index is 0.614. The minimum atomic E-state index is 0.614. The quantitative estimate of drug-likeness (QED) is 0.762. The van der Waals surface area contributed by atoms with Gasteiger partial charge >= 0.3 is 0 Å². The van der Waals surface area contributed by atoms with E-state index in [0.717, 1.165) is 6.54 Å². The largest absolute Gasteiger partial charge is 0.375 e. The molecule has 0 aliphatic rings. The molecule has 4 heteroatoms. The van der Waals surface area contributed by atoms with E-state index in [1.165, 1.54) is 17.7 Å². The average molecular weight is 199 g/mol. The van der Waals surface area contributed by atoms with Crippen molar-refractivity contribution in [2.24, 2.45) is 0 Å². The first-order valence-electron chi connectivity index (χ1n) is 4.69. The van der Waals surface area contributed by atoms with Gasteiger partial charge in [0, 0.05) is 23.7 Å². The van der Waals surface area contributed by atoms with Gasteiger partial charge in [-0.3, -0.25) is 0 Å². The molecule has 0 bridgehead atoms. The van der Waals surface area contributed by atoms with Crippen LogP contribution in [0.2, 0.25) is 0 Å². The predicted molar refractivity (Wildman–Crippen MR) is 57.7 cm³/mol. The van der Waals surface area contributed by atoms with Crippen molar-refractivity contribution in [3.05, 3.63) is 11.1 Å². The number of rotatable bonds is 5. The van der Waals surface area contributed by atoms with Gasteiger partial charge in [0.2, 0.25) is 0 Å². The Balaban J connectivity index is 2.33. The fourth-order valence-corrected chi connectivity index (χ4v) is 1.86. The second-order valence-corrected chi connectivity index (χ2v) is 4.21. The van der Waals surface area contributed by atoms with Crippen LogP contribution in [-0.4, -0.2) is 11.0 Å². The lowest BCUT2D eigenvalue weighted by Gasteiger charge is -2.12. The van der Waals surface area contributed by atoms with Crippen LogP contribution in [0.1, 0.15) is 31.6 Å². The van der Waals surface area contributed by atoms with Crippen molar-refractivity contribution in [3.8, 4) is 0 Å². The van der Waals surface area contributed by atoms with Crippen molar-refractivity contribution in [2.75, 3.05) is 5.73 Å². The number of anilines is 1. The summed E-state index contributed by atoms with van der Waals surface area (Å²) in [6.45, 7) is 5.28. The van der Waals surface area contributed by atoms with Gasteiger partial charge in [-0.05, 0) is 12.8 Å². The van der Waals surface area contributed by atoms with Crippen molar-refractivity contribution in [1.29, 1.82) is 0 Å². The number of hydrogen-bond donors (Lipinski definition) is 2. The Morgan fingerprint density at radius 3 is 2.69 bits per heavy atom. The topological polar surface area (TPSA) is 50.9 Å². The van der Waals surface area contributed by atoms with Crippen LogP contribution in [0.4, 0.5) is 5.13 Å². The number of nitrogen functional groups attached to an aromatic ring is 1. The second-order valence-electron chi connectivity index (χ2n) is 3.06. The maximum absolute atomic E-state index is 5.53. The smallest absolute Gasteiger partial charge is 0.180 e. The van der Waals surface area contributed by atoms with E-state index < -0.39 is 0 Å². The zero-order valence-electron chi connectivity index (χ0n) is 8.21. The van der Waals surface area contributed by atoms with Gasteiger partial charge in [-0.15, -0.1) is 11.3 Å². The molecule has 1 aromatic heterocycles. The lowest BCUT2D eigenvalue weighted by molar-refractivity contribution is 0.486. The number of nitrogens with two attached hydrogens (primary N) is 1. The summed E-state index contributed by atoms with van der Waals surface area (Å²) in [5, 5.41) is 4.12. The maximum Gasteiger partial charge on any atom is 0.180 e. The lowest BCUT2D eigenvalue weighted by Crippen LogP contribution is -2.26. The third-order valence-corrected chi connectivity index (χ3v) is 2.95. The predicted octanol–water partition coefficient (Wildman–Crippen LogP) is 2.00. The van der Waals surface area contributed by atoms with E-state index in [9.17, 15) is 0 Å². The van der Waals surface area contributed by atoms with Gasteiger partial charge in [-0.25, -0.2) is 4.98 Å². The van der Waals surface area contributed by atoms with Crippen molar-refractivity contribution in [1.82, 2.24) is 10.3 Å². The van der Waals surface area contributed by atoms with Gasteiger partial charge in [0.25, 0.3) is 0 Å². The molecule has 0 unspecified atom stereocenters. The Labute approximate surface area is 83.4 Å². The van der Waals surface area contributed by atoms with Crippen LogP contribution in [0.25, 0.3) is 0 Å². The molecule has 0 aliphatic carbocycles. The van der Waals surface area contributed by atoms with Gasteiger partial charge in [0.05, 0.1) is 0 Å². The summed E-state index contributed by atoms with van der Waals surface area (Å²) in [6.07, 6.45) is 4.19. The van der Waals surface area contributed by atoms with Crippen LogP contribution >= 0.6 is 11.3 Å². The maximum atomic E-state index is 5.53. The zero-order valence-corrected chi connectivity index (χ0v) is 9.03. The highest BCUT2D eigenvalue weighted by Gasteiger charge is 2.03. The molecular formula is C9H17N3S. The second kappa shape index (κ2) is 5.19. The average Bonchev–Trinajstić information content (AvgIpc) is 2.53. The molecule has 1 heterocycles. The van der Waals surface area contributed by atoms with E-state index in [1.54, 1.807) is 11.3 Å². The molecule has 0 fully saturated rings. The first kappa shape index (κ1) is 10.5. The molecule has 0 amide bonds. The molecule has 74 valence electrons. The molecule has 13 heavy (non-hydrogen) atoms. The molecule has 0 aliphatic heterocycles. The van der Waals surface area contributed by atoms with Gasteiger partial charge < -0.3 is 11.1 Å². The summed E-state index contributed by atoms with van der Waals surface area (Å²) in [6, 6.07) is 0.614. The summed E-state index contributed by atoms with van der Waals surface area (Å²) in [5.74, 6) is 0. The highest BCUT2D eigenvalue weighted by Crippen LogP contribution is 2.14. The third-order valence-electron chi connectivity index (χ3n) is 2.12. The van der Waals surface area contributed by atoms with Crippen LogP contribution in [0.15, 0.2) is 6.20 Å². The minimum Gasteiger partial charge on any atom is -0.375 e. The zero-order chi connectivity index (χ0) is 9.68. The Bertz CT molecular complexity index is 243. The fourth-order valence-electron chi connectivity index (χ4n) is 1.23. The van der Waals surface area contributed by atoms with Gasteiger partial charge in [-0.2, -0.15) is 0 Å². The van der Waals surface area contributed by atoms with Crippen LogP contribution in [0.5, 0.6) is 0 Å². The Hall–Kier alpha value is -0.610. The van der Waals surface area contributed by atoms with Crippen molar-refractivity contribution in [3.63, 3.8) is 0 Å². The third kappa shape index (κ3) is 3.32. The molecule has 0 atom stereocenters. The van der Waals surface area contributed by atoms with E-state index in [2.05, 4.69) is 24.1 Å². The molecular weight excluding hydrogens is 182 g/mol. The summed E-state index contributed by atoms with van der Waals surface area (Å²) in [5.41, 5.74) is 5.53. The number of hydrogen-bond acceptors (Lipinski definition) is 4. The van der Waals surface area contributed by atoms with E-state index in [-0.39, 0.29) is 0 Å². The van der Waals surface area contributed by atoms with Crippen molar-refractivity contribution in [2.45, 2.75) is 39.3 Å². The Morgan fingerprint density at radius 2 is 2.23 bits per heavy atom. The number of nitrogens with one attached hydrogen (secondary N) is 1. The molecule has 3 nitrogen and oxygen atoms in total. The summed E-state index contributed by atoms with van der Waals surface area (Å²) in [4.78, 5) is 5.21. The van der Waals surface area contributed by atoms with Gasteiger partial charge in [-0.1, -0.05) is 13.8 Å². The summed E-state index contributed by atoms with van der Waals surface area (Å²) < 4.78 is 0. The molecule has 1 rings (SSSR count). The van der Waals surface area contributed by atoms with Crippen LogP contribution < -0.4 is 11.1 Å². The molecule has 0 radical (unpaired) electrons. The van der Waals surface area contributed by atoms with Crippen LogP contribution in [-0.2, 0) is 6.54 Å². The molecule has 0 saturated heterocycles. The Morgan fingerprint density at radius 1 is 1.54 bits per heavy atom. The molecule has 1 aromatic rings. The SMILES string of the molecule is CCC(CC)NCc1cnc(N)s1. The van der Waals surface area contributed by atoms with Crippen molar-refractivity contribution < 1.29 is 0 Å². The first-order valence-corrected chi connectivity index (χ1v) is 5.51. The molecule has 0 spiro atoms. The summed E-state index contributed by atoms with van der Waals surface area (Å²) >= 11 is 1.55. The monoisotopic (exact) mass is 199 g/mol.